The first-order valence-corrected chi connectivity index (χ1v) is 9.25. The maximum atomic E-state index is 9.43. The second-order valence-electron chi connectivity index (χ2n) is 6.81. The van der Waals surface area contributed by atoms with Crippen LogP contribution in [0.15, 0.2) is 54.6 Å². The molecule has 0 saturated heterocycles. The van der Waals surface area contributed by atoms with Crippen LogP contribution in [0.5, 0.6) is 0 Å². The van der Waals surface area contributed by atoms with Gasteiger partial charge in [0.1, 0.15) is 0 Å². The summed E-state index contributed by atoms with van der Waals surface area (Å²) in [7, 11) is 0. The average molecular weight is 351 g/mol. The molecule has 0 unspecified atom stereocenters. The van der Waals surface area contributed by atoms with Gasteiger partial charge in [-0.2, -0.15) is 0 Å². The lowest BCUT2D eigenvalue weighted by Crippen LogP contribution is -2.48. The average Bonchev–Trinajstić information content (AvgIpc) is 3.09. The molecule has 1 aromatic heterocycles. The van der Waals surface area contributed by atoms with Gasteiger partial charge in [0.25, 0.3) is 0 Å². The van der Waals surface area contributed by atoms with E-state index in [1.807, 2.05) is 6.92 Å². The highest BCUT2D eigenvalue weighted by Gasteiger charge is 2.21. The number of nitrogens with one attached hydrogen (secondary N) is 1. The van der Waals surface area contributed by atoms with E-state index in [9.17, 15) is 10.2 Å². The van der Waals surface area contributed by atoms with Crippen molar-refractivity contribution in [3.63, 3.8) is 0 Å². The molecule has 0 aliphatic heterocycles. The van der Waals surface area contributed by atoms with Gasteiger partial charge in [-0.05, 0) is 34.5 Å². The maximum absolute atomic E-state index is 9.43. The van der Waals surface area contributed by atoms with E-state index in [0.29, 0.717) is 6.54 Å². The van der Waals surface area contributed by atoms with Gasteiger partial charge in [0.15, 0.2) is 0 Å². The van der Waals surface area contributed by atoms with Crippen LogP contribution in [0.4, 0.5) is 0 Å². The van der Waals surface area contributed by atoms with Gasteiger partial charge in [-0.15, -0.1) is 11.3 Å². The molecular formula is C21H21NO2S. The molecule has 0 aliphatic carbocycles. The topological polar surface area (TPSA) is 52.5 Å². The lowest BCUT2D eigenvalue weighted by molar-refractivity contribution is 0.103. The quantitative estimate of drug-likeness (QED) is 0.476. The Hall–Kier alpha value is -1.98. The molecular weight excluding hydrogens is 330 g/mol. The van der Waals surface area contributed by atoms with Gasteiger partial charge in [-0.3, -0.25) is 0 Å². The second kappa shape index (κ2) is 6.39. The smallest absolute Gasteiger partial charge is 0.0633 e. The summed E-state index contributed by atoms with van der Waals surface area (Å²) < 4.78 is 1.29. The summed E-state index contributed by atoms with van der Waals surface area (Å²) >= 11 is 1.77. The third-order valence-electron chi connectivity index (χ3n) is 4.84. The zero-order valence-electron chi connectivity index (χ0n) is 14.1. The fourth-order valence-electron chi connectivity index (χ4n) is 3.19. The van der Waals surface area contributed by atoms with Gasteiger partial charge < -0.3 is 15.5 Å². The minimum absolute atomic E-state index is 0.0939. The van der Waals surface area contributed by atoms with Crippen molar-refractivity contribution >= 4 is 43.0 Å². The minimum Gasteiger partial charge on any atom is -0.394 e. The third kappa shape index (κ3) is 2.92. The zero-order chi connectivity index (χ0) is 17.4. The SMILES string of the molecule is CC(CO)(CO)NCc1cc2ccc3c4ccccc4ccc3c2s1. The first-order chi connectivity index (χ1) is 12.1. The van der Waals surface area contributed by atoms with E-state index < -0.39 is 5.54 Å². The molecule has 4 aromatic rings. The van der Waals surface area contributed by atoms with Gasteiger partial charge in [-0.25, -0.2) is 0 Å². The lowest BCUT2D eigenvalue weighted by atomic mass is 10.0. The molecule has 1 heterocycles. The number of aliphatic hydroxyl groups excluding tert-OH is 2. The predicted octanol–water partition coefficient (Wildman–Crippen LogP) is 4.04. The largest absolute Gasteiger partial charge is 0.394 e. The monoisotopic (exact) mass is 351 g/mol. The van der Waals surface area contributed by atoms with Crippen molar-refractivity contribution in [3.05, 3.63) is 59.5 Å². The molecule has 0 amide bonds. The molecule has 0 fully saturated rings. The van der Waals surface area contributed by atoms with Gasteiger partial charge in [-0.1, -0.05) is 48.5 Å². The number of rotatable bonds is 5. The van der Waals surface area contributed by atoms with Crippen LogP contribution in [0, 0.1) is 0 Å². The molecule has 0 bridgehead atoms. The Morgan fingerprint density at radius 3 is 2.40 bits per heavy atom. The number of hydrogen-bond donors (Lipinski definition) is 3. The molecule has 0 aliphatic rings. The van der Waals surface area contributed by atoms with Crippen molar-refractivity contribution in [3.8, 4) is 0 Å². The van der Waals surface area contributed by atoms with Crippen molar-refractivity contribution in [2.24, 2.45) is 0 Å². The molecule has 3 nitrogen and oxygen atoms in total. The van der Waals surface area contributed by atoms with Gasteiger partial charge in [0.2, 0.25) is 0 Å². The van der Waals surface area contributed by atoms with Gasteiger partial charge in [0.05, 0.1) is 18.8 Å². The zero-order valence-corrected chi connectivity index (χ0v) is 14.9. The van der Waals surface area contributed by atoms with Crippen molar-refractivity contribution in [1.29, 1.82) is 0 Å². The van der Waals surface area contributed by atoms with Crippen molar-refractivity contribution in [2.75, 3.05) is 13.2 Å². The van der Waals surface area contributed by atoms with E-state index in [-0.39, 0.29) is 13.2 Å². The van der Waals surface area contributed by atoms with E-state index in [4.69, 9.17) is 0 Å². The second-order valence-corrected chi connectivity index (χ2v) is 7.95. The molecule has 4 heteroatoms. The highest BCUT2D eigenvalue weighted by Crippen LogP contribution is 2.36. The minimum atomic E-state index is -0.658. The highest BCUT2D eigenvalue weighted by atomic mass is 32.1. The van der Waals surface area contributed by atoms with Gasteiger partial charge >= 0.3 is 0 Å². The van der Waals surface area contributed by atoms with Gasteiger partial charge in [0, 0.05) is 21.5 Å². The standard InChI is InChI=1S/C21H21NO2S/c1-21(12-23,13-24)22-11-16-10-15-7-8-18-17-5-3-2-4-14(17)6-9-19(18)20(15)25-16/h2-10,22-24H,11-13H2,1H3. The fourth-order valence-corrected chi connectivity index (χ4v) is 4.31. The summed E-state index contributed by atoms with van der Waals surface area (Å²) in [6, 6.07) is 19.4. The number of hydrogen-bond acceptors (Lipinski definition) is 4. The summed E-state index contributed by atoms with van der Waals surface area (Å²) in [5.41, 5.74) is -0.658. The molecule has 0 spiro atoms. The third-order valence-corrected chi connectivity index (χ3v) is 6.03. The predicted molar refractivity (Wildman–Crippen MR) is 106 cm³/mol. The van der Waals surface area contributed by atoms with E-state index in [1.165, 1.54) is 36.5 Å². The number of aliphatic hydroxyl groups is 2. The summed E-state index contributed by atoms with van der Waals surface area (Å²) in [4.78, 5) is 1.20. The Bertz CT molecular complexity index is 1050. The molecule has 0 saturated carbocycles. The number of thiophene rings is 1. The molecule has 3 aromatic carbocycles. The van der Waals surface area contributed by atoms with Crippen LogP contribution < -0.4 is 5.32 Å². The van der Waals surface area contributed by atoms with Crippen LogP contribution >= 0.6 is 11.3 Å². The first kappa shape index (κ1) is 16.5. The van der Waals surface area contributed by atoms with Crippen molar-refractivity contribution in [1.82, 2.24) is 5.32 Å². The Kier molecular flexibility index (Phi) is 4.21. The lowest BCUT2D eigenvalue weighted by Gasteiger charge is -2.25. The van der Waals surface area contributed by atoms with E-state index in [1.54, 1.807) is 11.3 Å². The molecule has 0 atom stereocenters. The summed E-state index contributed by atoms with van der Waals surface area (Å²) in [5, 5.41) is 28.4. The molecule has 25 heavy (non-hydrogen) atoms. The first-order valence-electron chi connectivity index (χ1n) is 8.43. The highest BCUT2D eigenvalue weighted by molar-refractivity contribution is 7.20. The summed E-state index contributed by atoms with van der Waals surface area (Å²) in [6.45, 7) is 2.26. The molecule has 128 valence electrons. The van der Waals surface area contributed by atoms with Crippen LogP contribution in [0.1, 0.15) is 11.8 Å². The Balaban J connectivity index is 1.78. The number of fused-ring (bicyclic) bond motifs is 5. The van der Waals surface area contributed by atoms with Crippen LogP contribution in [0.25, 0.3) is 31.6 Å². The summed E-state index contributed by atoms with van der Waals surface area (Å²) in [6.07, 6.45) is 0. The van der Waals surface area contributed by atoms with Crippen LogP contribution in [0.3, 0.4) is 0 Å². The molecule has 4 rings (SSSR count). The Morgan fingerprint density at radius 2 is 1.60 bits per heavy atom. The maximum Gasteiger partial charge on any atom is 0.0633 e. The van der Waals surface area contributed by atoms with Crippen molar-refractivity contribution < 1.29 is 10.2 Å². The van der Waals surface area contributed by atoms with Crippen molar-refractivity contribution in [2.45, 2.75) is 19.0 Å². The molecule has 0 radical (unpaired) electrons. The number of benzene rings is 3. The van der Waals surface area contributed by atoms with E-state index >= 15 is 0 Å². The van der Waals surface area contributed by atoms with E-state index in [2.05, 4.69) is 59.9 Å². The van der Waals surface area contributed by atoms with Crippen LogP contribution in [-0.2, 0) is 6.54 Å². The summed E-state index contributed by atoms with van der Waals surface area (Å²) in [5.74, 6) is 0. The Morgan fingerprint density at radius 1 is 0.880 bits per heavy atom. The van der Waals surface area contributed by atoms with Crippen LogP contribution in [0.2, 0.25) is 0 Å². The van der Waals surface area contributed by atoms with Crippen LogP contribution in [-0.4, -0.2) is 29.0 Å². The van der Waals surface area contributed by atoms with E-state index in [0.717, 1.165) is 0 Å². The fraction of sp³-hybridized carbons (Fsp3) is 0.238. The Labute approximate surface area is 150 Å². The molecule has 3 N–H and O–H groups in total. The normalized spacial score (nSPS) is 12.4.